The summed E-state index contributed by atoms with van der Waals surface area (Å²) < 4.78 is 10.4. The number of ketones is 1. The maximum Gasteiger partial charge on any atom is 0.182 e. The molecule has 0 aromatic heterocycles. The van der Waals surface area contributed by atoms with Crippen LogP contribution in [0.25, 0.3) is 0 Å². The number of benzene rings is 1. The number of hydrogen-bond acceptors (Lipinski definition) is 5. The van der Waals surface area contributed by atoms with Crippen molar-refractivity contribution in [1.29, 1.82) is 0 Å². The second-order valence-corrected chi connectivity index (χ2v) is 6.23. The van der Waals surface area contributed by atoms with Crippen LogP contribution in [0.15, 0.2) is 29.2 Å². The predicted octanol–water partition coefficient (Wildman–Crippen LogP) is 2.63. The van der Waals surface area contributed by atoms with Gasteiger partial charge in [-0.1, -0.05) is 12.1 Å². The van der Waals surface area contributed by atoms with Gasteiger partial charge in [-0.3, -0.25) is 9.69 Å². The van der Waals surface area contributed by atoms with Gasteiger partial charge in [0.15, 0.2) is 5.78 Å². The predicted molar refractivity (Wildman–Crippen MR) is 80.1 cm³/mol. The lowest BCUT2D eigenvalue weighted by Crippen LogP contribution is -2.54. The van der Waals surface area contributed by atoms with E-state index in [1.807, 2.05) is 38.1 Å². The number of Topliss-reactive ketones (excluding diaryl/α,β-unsaturated/α-hetero) is 1. The molecule has 0 spiro atoms. The van der Waals surface area contributed by atoms with Crippen molar-refractivity contribution < 1.29 is 13.7 Å². The summed E-state index contributed by atoms with van der Waals surface area (Å²) in [5.41, 5.74) is 0.238. The van der Waals surface area contributed by atoms with Crippen molar-refractivity contribution >= 4 is 17.8 Å². The van der Waals surface area contributed by atoms with Crippen molar-refractivity contribution in [2.24, 2.45) is 0 Å². The van der Waals surface area contributed by atoms with Crippen LogP contribution in [0.1, 0.15) is 24.2 Å². The van der Waals surface area contributed by atoms with Crippen molar-refractivity contribution in [3.05, 3.63) is 29.8 Å². The molecule has 1 aliphatic heterocycles. The highest BCUT2D eigenvalue weighted by Crippen LogP contribution is 2.24. The molecule has 0 unspecified atom stereocenters. The van der Waals surface area contributed by atoms with E-state index in [-0.39, 0.29) is 5.78 Å². The second kappa shape index (κ2) is 6.72. The zero-order valence-corrected chi connectivity index (χ0v) is 13.0. The van der Waals surface area contributed by atoms with Gasteiger partial charge in [0.05, 0.1) is 25.9 Å². The van der Waals surface area contributed by atoms with Crippen LogP contribution in [-0.2, 0) is 8.92 Å². The lowest BCUT2D eigenvalue weighted by Gasteiger charge is -2.39. The Balaban J connectivity index is 2.12. The molecule has 1 aromatic rings. The Morgan fingerprint density at radius 2 is 1.85 bits per heavy atom. The highest BCUT2D eigenvalue weighted by molar-refractivity contribution is 7.94. The van der Waals surface area contributed by atoms with Crippen LogP contribution < -0.4 is 0 Å². The minimum absolute atomic E-state index is 0.147. The Kier molecular flexibility index (Phi) is 5.21. The summed E-state index contributed by atoms with van der Waals surface area (Å²) in [4.78, 5) is 15.9. The second-order valence-electron chi connectivity index (χ2n) is 5.26. The van der Waals surface area contributed by atoms with Gasteiger partial charge in [-0.2, -0.15) is 0 Å². The summed E-state index contributed by atoms with van der Waals surface area (Å²) in [6, 6.07) is 7.56. The van der Waals surface area contributed by atoms with Crippen LogP contribution in [0.2, 0.25) is 0 Å². The molecule has 5 heteroatoms. The molecule has 1 aliphatic rings. The van der Waals surface area contributed by atoms with Crippen LogP contribution in [-0.4, -0.2) is 49.6 Å². The number of rotatable bonds is 5. The van der Waals surface area contributed by atoms with Gasteiger partial charge in [-0.25, -0.2) is 0 Å². The van der Waals surface area contributed by atoms with E-state index < -0.39 is 5.54 Å². The molecule has 0 aliphatic carbocycles. The smallest absolute Gasteiger partial charge is 0.182 e. The SMILES string of the molecule is COSc1ccc(C(=O)C(C)(C)N2CCOCC2)cc1. The molecule has 1 heterocycles. The minimum atomic E-state index is -0.500. The molecule has 4 nitrogen and oxygen atoms in total. The largest absolute Gasteiger partial charge is 0.379 e. The van der Waals surface area contributed by atoms with Crippen LogP contribution in [0.4, 0.5) is 0 Å². The van der Waals surface area contributed by atoms with Gasteiger partial charge >= 0.3 is 0 Å². The average Bonchev–Trinajstić information content (AvgIpc) is 2.48. The lowest BCUT2D eigenvalue weighted by molar-refractivity contribution is -0.00430. The van der Waals surface area contributed by atoms with Crippen LogP contribution in [0.5, 0.6) is 0 Å². The molecule has 0 N–H and O–H groups in total. The Labute approximate surface area is 124 Å². The number of nitrogens with zero attached hydrogens (tertiary/aromatic N) is 1. The molecule has 0 bridgehead atoms. The molecule has 110 valence electrons. The summed E-state index contributed by atoms with van der Waals surface area (Å²) >= 11 is 1.29. The maximum atomic E-state index is 12.7. The number of morpholine rings is 1. The number of ether oxygens (including phenoxy) is 1. The van der Waals surface area contributed by atoms with E-state index in [1.54, 1.807) is 7.11 Å². The van der Waals surface area contributed by atoms with Gasteiger partial charge in [0.1, 0.15) is 0 Å². The average molecular weight is 295 g/mol. The number of carbonyl (C=O) groups excluding carboxylic acids is 1. The molecule has 2 rings (SSSR count). The molecule has 1 saturated heterocycles. The fraction of sp³-hybridized carbons (Fsp3) is 0.533. The summed E-state index contributed by atoms with van der Waals surface area (Å²) in [6.45, 7) is 6.96. The minimum Gasteiger partial charge on any atom is -0.379 e. The van der Waals surface area contributed by atoms with E-state index in [0.29, 0.717) is 13.2 Å². The van der Waals surface area contributed by atoms with E-state index in [0.717, 1.165) is 23.5 Å². The molecule has 0 saturated carbocycles. The third-order valence-electron chi connectivity index (χ3n) is 3.65. The van der Waals surface area contributed by atoms with Crippen LogP contribution in [0, 0.1) is 0 Å². The first-order valence-corrected chi connectivity index (χ1v) is 7.48. The van der Waals surface area contributed by atoms with Crippen molar-refractivity contribution in [3.63, 3.8) is 0 Å². The van der Waals surface area contributed by atoms with E-state index in [1.165, 1.54) is 12.0 Å². The Hall–Kier alpha value is -0.880. The molecular formula is C15H21NO3S. The third-order valence-corrected chi connectivity index (χ3v) is 4.28. The van der Waals surface area contributed by atoms with Gasteiger partial charge in [0.25, 0.3) is 0 Å². The van der Waals surface area contributed by atoms with Gasteiger partial charge in [0, 0.05) is 35.6 Å². The topological polar surface area (TPSA) is 38.8 Å². The molecule has 20 heavy (non-hydrogen) atoms. The summed E-state index contributed by atoms with van der Waals surface area (Å²) in [5, 5.41) is 0. The first-order valence-electron chi connectivity index (χ1n) is 6.74. The fourth-order valence-electron chi connectivity index (χ4n) is 2.38. The normalized spacial score (nSPS) is 17.1. The summed E-state index contributed by atoms with van der Waals surface area (Å²) in [6.07, 6.45) is 0. The Bertz CT molecular complexity index is 453. The number of hydrogen-bond donors (Lipinski definition) is 0. The van der Waals surface area contributed by atoms with Crippen LogP contribution >= 0.6 is 12.0 Å². The molecule has 0 amide bonds. The summed E-state index contributed by atoms with van der Waals surface area (Å²) in [7, 11) is 1.63. The monoisotopic (exact) mass is 295 g/mol. The standard InChI is InChI=1S/C15H21NO3S/c1-15(2,16-8-10-19-11-9-16)14(17)12-4-6-13(7-5-12)20-18-3/h4-7H,8-11H2,1-3H3. The van der Waals surface area contributed by atoms with Crippen molar-refractivity contribution in [3.8, 4) is 0 Å². The number of carbonyl (C=O) groups is 1. The van der Waals surface area contributed by atoms with E-state index in [4.69, 9.17) is 8.92 Å². The Morgan fingerprint density at radius 3 is 2.40 bits per heavy atom. The molecule has 1 aromatic carbocycles. The zero-order valence-electron chi connectivity index (χ0n) is 12.2. The first kappa shape index (κ1) is 15.5. The fourth-order valence-corrected chi connectivity index (χ4v) is 2.82. The van der Waals surface area contributed by atoms with E-state index in [9.17, 15) is 4.79 Å². The maximum absolute atomic E-state index is 12.7. The molecule has 0 radical (unpaired) electrons. The van der Waals surface area contributed by atoms with Gasteiger partial charge in [0.2, 0.25) is 0 Å². The summed E-state index contributed by atoms with van der Waals surface area (Å²) in [5.74, 6) is 0.147. The quantitative estimate of drug-likeness (QED) is 0.617. The third kappa shape index (κ3) is 3.41. The van der Waals surface area contributed by atoms with Gasteiger partial charge in [-0.15, -0.1) is 0 Å². The van der Waals surface area contributed by atoms with Crippen molar-refractivity contribution in [2.45, 2.75) is 24.3 Å². The van der Waals surface area contributed by atoms with Crippen molar-refractivity contribution in [1.82, 2.24) is 4.90 Å². The van der Waals surface area contributed by atoms with E-state index in [2.05, 4.69) is 4.90 Å². The molecule has 1 fully saturated rings. The van der Waals surface area contributed by atoms with Crippen molar-refractivity contribution in [2.75, 3.05) is 33.4 Å². The first-order chi connectivity index (χ1) is 9.55. The molecular weight excluding hydrogens is 274 g/mol. The highest BCUT2D eigenvalue weighted by atomic mass is 32.2. The lowest BCUT2D eigenvalue weighted by atomic mass is 9.91. The molecule has 0 atom stereocenters. The zero-order chi connectivity index (χ0) is 14.6. The highest BCUT2D eigenvalue weighted by Gasteiger charge is 2.35. The van der Waals surface area contributed by atoms with Crippen LogP contribution in [0.3, 0.4) is 0 Å². The van der Waals surface area contributed by atoms with Gasteiger partial charge < -0.3 is 8.92 Å². The van der Waals surface area contributed by atoms with Gasteiger partial charge in [-0.05, 0) is 26.0 Å². The Morgan fingerprint density at radius 1 is 1.25 bits per heavy atom. The van der Waals surface area contributed by atoms with E-state index >= 15 is 0 Å².